The molecule has 1 aliphatic heterocycles. The molecule has 2 heterocycles. The van der Waals surface area contributed by atoms with Crippen LogP contribution in [-0.4, -0.2) is 53.5 Å². The zero-order valence-electron chi connectivity index (χ0n) is 14.4. The largest absolute Gasteiger partial charge is 0.353 e. The molecule has 0 saturated carbocycles. The van der Waals surface area contributed by atoms with Crippen LogP contribution in [0, 0.1) is 6.92 Å². The fourth-order valence-electron chi connectivity index (χ4n) is 2.78. The molecule has 25 heavy (non-hydrogen) atoms. The smallest absolute Gasteiger partial charge is 0.234 e. The van der Waals surface area contributed by atoms with Crippen LogP contribution in [0.25, 0.3) is 0 Å². The standard InChI is InChI=1S/C18H22ClN5O/c1-13-7-17(22-12-21-13)24-9-15(10-24)23(2)11-18(25)20-8-14-5-3-4-6-16(14)19/h3-7,12,15H,8-11H2,1-2H3,(H,20,25). The Labute approximate surface area is 152 Å². The van der Waals surface area contributed by atoms with E-state index in [9.17, 15) is 4.79 Å². The minimum absolute atomic E-state index is 0.00116. The van der Waals surface area contributed by atoms with Crippen LogP contribution in [0.5, 0.6) is 0 Å². The first-order valence-corrected chi connectivity index (χ1v) is 8.64. The van der Waals surface area contributed by atoms with Gasteiger partial charge in [0, 0.05) is 42.5 Å². The number of amides is 1. The topological polar surface area (TPSA) is 61.4 Å². The summed E-state index contributed by atoms with van der Waals surface area (Å²) in [6.45, 7) is 4.50. The van der Waals surface area contributed by atoms with Crippen molar-refractivity contribution in [1.29, 1.82) is 0 Å². The number of carbonyl (C=O) groups is 1. The molecule has 6 nitrogen and oxygen atoms in total. The van der Waals surface area contributed by atoms with E-state index >= 15 is 0 Å². The van der Waals surface area contributed by atoms with Gasteiger partial charge < -0.3 is 10.2 Å². The van der Waals surface area contributed by atoms with Crippen molar-refractivity contribution in [3.8, 4) is 0 Å². The molecule has 0 spiro atoms. The third-order valence-electron chi connectivity index (χ3n) is 4.43. The second-order valence-electron chi connectivity index (χ2n) is 6.36. The molecule has 0 atom stereocenters. The van der Waals surface area contributed by atoms with Crippen molar-refractivity contribution < 1.29 is 4.79 Å². The predicted octanol–water partition coefficient (Wildman–Crippen LogP) is 1.88. The first kappa shape index (κ1) is 17.6. The molecule has 1 saturated heterocycles. The van der Waals surface area contributed by atoms with Crippen molar-refractivity contribution in [2.75, 3.05) is 31.6 Å². The number of aromatic nitrogens is 2. The van der Waals surface area contributed by atoms with Crippen molar-refractivity contribution in [2.45, 2.75) is 19.5 Å². The molecule has 1 aliphatic rings. The van der Waals surface area contributed by atoms with E-state index in [4.69, 9.17) is 11.6 Å². The lowest BCUT2D eigenvalue weighted by Crippen LogP contribution is -2.60. The van der Waals surface area contributed by atoms with E-state index in [-0.39, 0.29) is 5.91 Å². The Kier molecular flexibility index (Phi) is 5.50. The Morgan fingerprint density at radius 1 is 1.36 bits per heavy atom. The molecule has 132 valence electrons. The highest BCUT2D eigenvalue weighted by molar-refractivity contribution is 6.31. The van der Waals surface area contributed by atoms with Gasteiger partial charge in [0.15, 0.2) is 0 Å². The number of likely N-dealkylation sites (N-methyl/N-ethyl adjacent to an activating group) is 1. The number of aryl methyl sites for hydroxylation is 1. The van der Waals surface area contributed by atoms with E-state index in [0.717, 1.165) is 30.2 Å². The number of nitrogens with zero attached hydrogens (tertiary/aromatic N) is 4. The molecule has 2 aromatic rings. The van der Waals surface area contributed by atoms with E-state index in [1.165, 1.54) is 0 Å². The quantitative estimate of drug-likeness (QED) is 0.853. The molecule has 1 N–H and O–H groups in total. The van der Waals surface area contributed by atoms with E-state index < -0.39 is 0 Å². The molecule has 1 fully saturated rings. The second kappa shape index (κ2) is 7.80. The fourth-order valence-corrected chi connectivity index (χ4v) is 2.98. The molecule has 1 aromatic carbocycles. The fraction of sp³-hybridized carbons (Fsp3) is 0.389. The zero-order chi connectivity index (χ0) is 17.8. The van der Waals surface area contributed by atoms with Gasteiger partial charge in [-0.25, -0.2) is 9.97 Å². The molecular formula is C18H22ClN5O. The lowest BCUT2D eigenvalue weighted by molar-refractivity contribution is -0.122. The number of benzene rings is 1. The Balaban J connectivity index is 1.43. The summed E-state index contributed by atoms with van der Waals surface area (Å²) in [5.41, 5.74) is 1.88. The van der Waals surface area contributed by atoms with Crippen molar-refractivity contribution >= 4 is 23.3 Å². The monoisotopic (exact) mass is 359 g/mol. The lowest BCUT2D eigenvalue weighted by atomic mass is 10.1. The Hall–Kier alpha value is -2.18. The van der Waals surface area contributed by atoms with Crippen LogP contribution in [-0.2, 0) is 11.3 Å². The van der Waals surface area contributed by atoms with Gasteiger partial charge in [-0.3, -0.25) is 9.69 Å². The summed E-state index contributed by atoms with van der Waals surface area (Å²) >= 11 is 6.10. The molecule has 0 unspecified atom stereocenters. The number of rotatable bonds is 6. The maximum absolute atomic E-state index is 12.1. The highest BCUT2D eigenvalue weighted by Crippen LogP contribution is 2.21. The minimum atomic E-state index is -0.00116. The van der Waals surface area contributed by atoms with Crippen molar-refractivity contribution in [3.63, 3.8) is 0 Å². The van der Waals surface area contributed by atoms with Gasteiger partial charge in [-0.1, -0.05) is 29.8 Å². The first-order valence-electron chi connectivity index (χ1n) is 8.27. The Morgan fingerprint density at radius 2 is 2.12 bits per heavy atom. The molecule has 1 amide bonds. The van der Waals surface area contributed by atoms with Crippen LogP contribution < -0.4 is 10.2 Å². The summed E-state index contributed by atoms with van der Waals surface area (Å²) in [5.74, 6) is 0.944. The summed E-state index contributed by atoms with van der Waals surface area (Å²) in [4.78, 5) is 24.8. The number of anilines is 1. The number of hydrogen-bond acceptors (Lipinski definition) is 5. The maximum Gasteiger partial charge on any atom is 0.234 e. The summed E-state index contributed by atoms with van der Waals surface area (Å²) in [7, 11) is 1.97. The van der Waals surface area contributed by atoms with Gasteiger partial charge >= 0.3 is 0 Å². The van der Waals surface area contributed by atoms with Crippen molar-refractivity contribution in [2.24, 2.45) is 0 Å². The van der Waals surface area contributed by atoms with Gasteiger partial charge in [0.1, 0.15) is 12.1 Å². The zero-order valence-corrected chi connectivity index (χ0v) is 15.2. The van der Waals surface area contributed by atoms with E-state index in [0.29, 0.717) is 24.2 Å². The summed E-state index contributed by atoms with van der Waals surface area (Å²) in [5, 5.41) is 3.60. The molecule has 0 aliphatic carbocycles. The molecule has 7 heteroatoms. The van der Waals surface area contributed by atoms with Gasteiger partial charge in [0.25, 0.3) is 0 Å². The average Bonchev–Trinajstić information content (AvgIpc) is 2.53. The van der Waals surface area contributed by atoms with Crippen LogP contribution >= 0.6 is 11.6 Å². The van der Waals surface area contributed by atoms with Crippen LogP contribution in [0.3, 0.4) is 0 Å². The van der Waals surface area contributed by atoms with Gasteiger partial charge in [-0.15, -0.1) is 0 Å². The molecule has 0 radical (unpaired) electrons. The van der Waals surface area contributed by atoms with Gasteiger partial charge in [-0.2, -0.15) is 0 Å². The van der Waals surface area contributed by atoms with Gasteiger partial charge in [0.05, 0.1) is 6.54 Å². The van der Waals surface area contributed by atoms with Crippen molar-refractivity contribution in [1.82, 2.24) is 20.2 Å². The minimum Gasteiger partial charge on any atom is -0.353 e. The highest BCUT2D eigenvalue weighted by Gasteiger charge is 2.31. The SMILES string of the molecule is Cc1cc(N2CC(N(C)CC(=O)NCc3ccccc3Cl)C2)ncn1. The predicted molar refractivity (Wildman–Crippen MR) is 98.7 cm³/mol. The van der Waals surface area contributed by atoms with Gasteiger partial charge in [-0.05, 0) is 25.6 Å². The average molecular weight is 360 g/mol. The number of nitrogens with one attached hydrogen (secondary N) is 1. The van der Waals surface area contributed by atoms with E-state index in [1.54, 1.807) is 6.33 Å². The molecule has 3 rings (SSSR count). The number of hydrogen-bond donors (Lipinski definition) is 1. The molecule has 0 bridgehead atoms. The normalized spacial score (nSPS) is 14.5. The third-order valence-corrected chi connectivity index (χ3v) is 4.79. The number of halogens is 1. The van der Waals surface area contributed by atoms with Gasteiger partial charge in [0.2, 0.25) is 5.91 Å². The molecule has 1 aromatic heterocycles. The summed E-state index contributed by atoms with van der Waals surface area (Å²) in [6.07, 6.45) is 1.59. The van der Waals surface area contributed by atoms with Crippen LogP contribution in [0.2, 0.25) is 5.02 Å². The molecular weight excluding hydrogens is 338 g/mol. The van der Waals surface area contributed by atoms with Crippen LogP contribution in [0.4, 0.5) is 5.82 Å². The van der Waals surface area contributed by atoms with Crippen molar-refractivity contribution in [3.05, 3.63) is 52.9 Å². The second-order valence-corrected chi connectivity index (χ2v) is 6.77. The number of carbonyl (C=O) groups excluding carboxylic acids is 1. The highest BCUT2D eigenvalue weighted by atomic mass is 35.5. The summed E-state index contributed by atoms with van der Waals surface area (Å²) in [6, 6.07) is 9.86. The lowest BCUT2D eigenvalue weighted by Gasteiger charge is -2.44. The Bertz CT molecular complexity index is 748. The third kappa shape index (κ3) is 4.46. The van der Waals surface area contributed by atoms with Crippen LogP contribution in [0.1, 0.15) is 11.3 Å². The Morgan fingerprint density at radius 3 is 2.84 bits per heavy atom. The van der Waals surface area contributed by atoms with E-state index in [2.05, 4.69) is 25.1 Å². The van der Waals surface area contributed by atoms with E-state index in [1.807, 2.05) is 44.3 Å². The maximum atomic E-state index is 12.1. The summed E-state index contributed by atoms with van der Waals surface area (Å²) < 4.78 is 0. The van der Waals surface area contributed by atoms with Crippen LogP contribution in [0.15, 0.2) is 36.7 Å². The first-order chi connectivity index (χ1) is 12.0.